The van der Waals surface area contributed by atoms with Crippen LogP contribution in [0.2, 0.25) is 0 Å². The molecule has 0 saturated carbocycles. The Morgan fingerprint density at radius 2 is 2.11 bits per heavy atom. The zero-order valence-corrected chi connectivity index (χ0v) is 11.7. The molecule has 0 heterocycles. The summed E-state index contributed by atoms with van der Waals surface area (Å²) in [6, 6.07) is 7.55. The molecule has 0 radical (unpaired) electrons. The van der Waals surface area contributed by atoms with E-state index in [9.17, 15) is 9.35 Å². The highest BCUT2D eigenvalue weighted by atomic mass is 32.2. The van der Waals surface area contributed by atoms with Crippen LogP contribution in [-0.2, 0) is 22.7 Å². The van der Waals surface area contributed by atoms with Gasteiger partial charge in [0, 0.05) is 23.5 Å². The molecule has 1 atom stereocenters. The number of hydrogen-bond acceptors (Lipinski definition) is 3. The maximum absolute atomic E-state index is 11.7. The van der Waals surface area contributed by atoms with Crippen molar-refractivity contribution in [1.29, 1.82) is 0 Å². The highest BCUT2D eigenvalue weighted by Gasteiger charge is 2.07. The number of carbonyl (C=O) groups is 1. The Hall–Kier alpha value is -1.04. The van der Waals surface area contributed by atoms with Crippen LogP contribution in [0.4, 0.5) is 5.69 Å². The summed E-state index contributed by atoms with van der Waals surface area (Å²) >= 11 is -1.05. The van der Waals surface area contributed by atoms with Crippen molar-refractivity contribution in [3.05, 3.63) is 29.8 Å². The SMILES string of the molecule is CCCCC(=O)Nc1ccccc1CN[S+](C)[O-]. The first kappa shape index (κ1) is 15.0. The third-order valence-corrected chi connectivity index (χ3v) is 3.07. The van der Waals surface area contributed by atoms with Crippen LogP contribution in [0.15, 0.2) is 24.3 Å². The first-order valence-corrected chi connectivity index (χ1v) is 7.64. The molecule has 0 aliphatic carbocycles. The average Bonchev–Trinajstić information content (AvgIpc) is 2.35. The Morgan fingerprint density at radius 3 is 2.78 bits per heavy atom. The lowest BCUT2D eigenvalue weighted by atomic mass is 10.1. The number of nitrogens with one attached hydrogen (secondary N) is 2. The van der Waals surface area contributed by atoms with E-state index in [1.807, 2.05) is 24.3 Å². The maximum Gasteiger partial charge on any atom is 0.224 e. The average molecular weight is 268 g/mol. The van der Waals surface area contributed by atoms with Crippen molar-refractivity contribution in [1.82, 2.24) is 4.72 Å². The molecular weight excluding hydrogens is 248 g/mol. The van der Waals surface area contributed by atoms with Gasteiger partial charge in [0.15, 0.2) is 0 Å². The second-order valence-corrected chi connectivity index (χ2v) is 5.28. The predicted molar refractivity (Wildman–Crippen MR) is 75.5 cm³/mol. The fourth-order valence-electron chi connectivity index (χ4n) is 1.53. The van der Waals surface area contributed by atoms with Crippen molar-refractivity contribution >= 4 is 23.0 Å². The first-order chi connectivity index (χ1) is 8.63. The molecule has 0 spiro atoms. The van der Waals surface area contributed by atoms with Crippen LogP contribution < -0.4 is 10.0 Å². The molecular formula is C13H20N2O2S. The Balaban J connectivity index is 2.61. The number of benzene rings is 1. The maximum atomic E-state index is 11.7. The molecule has 5 heteroatoms. The molecule has 0 aromatic heterocycles. The smallest absolute Gasteiger partial charge is 0.224 e. The molecule has 1 aromatic carbocycles. The molecule has 2 N–H and O–H groups in total. The topological polar surface area (TPSA) is 64.2 Å². The van der Waals surface area contributed by atoms with Crippen molar-refractivity contribution in [2.45, 2.75) is 32.7 Å². The van der Waals surface area contributed by atoms with E-state index in [0.717, 1.165) is 24.1 Å². The van der Waals surface area contributed by atoms with Crippen LogP contribution in [-0.4, -0.2) is 16.7 Å². The van der Waals surface area contributed by atoms with E-state index in [-0.39, 0.29) is 5.91 Å². The molecule has 1 amide bonds. The van der Waals surface area contributed by atoms with Gasteiger partial charge < -0.3 is 9.87 Å². The molecule has 18 heavy (non-hydrogen) atoms. The molecule has 0 aliphatic rings. The van der Waals surface area contributed by atoms with Crippen LogP contribution in [0, 0.1) is 0 Å². The largest absolute Gasteiger partial charge is 0.598 e. The van der Waals surface area contributed by atoms with E-state index in [4.69, 9.17) is 0 Å². The Labute approximate surface area is 111 Å². The second-order valence-electron chi connectivity index (χ2n) is 4.08. The second kappa shape index (κ2) is 8.13. The van der Waals surface area contributed by atoms with E-state index in [0.29, 0.717) is 13.0 Å². The lowest BCUT2D eigenvalue weighted by Gasteiger charge is -2.12. The summed E-state index contributed by atoms with van der Waals surface area (Å²) in [6.45, 7) is 2.54. The van der Waals surface area contributed by atoms with Crippen LogP contribution in [0.25, 0.3) is 0 Å². The van der Waals surface area contributed by atoms with E-state index in [1.165, 1.54) is 0 Å². The van der Waals surface area contributed by atoms with E-state index in [2.05, 4.69) is 17.0 Å². The van der Waals surface area contributed by atoms with Crippen molar-refractivity contribution in [3.63, 3.8) is 0 Å². The molecule has 100 valence electrons. The predicted octanol–water partition coefficient (Wildman–Crippen LogP) is 2.20. The minimum absolute atomic E-state index is 0.0296. The quantitative estimate of drug-likeness (QED) is 0.745. The summed E-state index contributed by atoms with van der Waals surface area (Å²) in [5, 5.41) is 2.89. The number of anilines is 1. The van der Waals surface area contributed by atoms with Gasteiger partial charge in [-0.3, -0.25) is 4.79 Å². The zero-order chi connectivity index (χ0) is 13.4. The Bertz CT molecular complexity index is 383. The van der Waals surface area contributed by atoms with Crippen LogP contribution in [0.5, 0.6) is 0 Å². The normalized spacial score (nSPS) is 12.2. The van der Waals surface area contributed by atoms with Crippen LogP contribution >= 0.6 is 0 Å². The minimum atomic E-state index is -1.05. The molecule has 1 rings (SSSR count). The minimum Gasteiger partial charge on any atom is -0.598 e. The van der Waals surface area contributed by atoms with Crippen molar-refractivity contribution in [2.75, 3.05) is 11.6 Å². The number of para-hydroxylation sites is 1. The Kier molecular flexibility index (Phi) is 6.78. The molecule has 0 saturated heterocycles. The molecule has 1 aromatic rings. The van der Waals surface area contributed by atoms with Crippen molar-refractivity contribution < 1.29 is 9.35 Å². The molecule has 0 bridgehead atoms. The summed E-state index contributed by atoms with van der Waals surface area (Å²) < 4.78 is 13.8. The van der Waals surface area contributed by atoms with Gasteiger partial charge in [0.25, 0.3) is 0 Å². The Morgan fingerprint density at radius 1 is 1.39 bits per heavy atom. The highest BCUT2D eigenvalue weighted by molar-refractivity contribution is 7.88. The number of rotatable bonds is 7. The van der Waals surface area contributed by atoms with Gasteiger partial charge in [-0.15, -0.1) is 4.72 Å². The summed E-state index contributed by atoms with van der Waals surface area (Å²) in [7, 11) is 0. The van der Waals surface area contributed by atoms with Crippen molar-refractivity contribution in [3.8, 4) is 0 Å². The van der Waals surface area contributed by atoms with Gasteiger partial charge in [-0.05, 0) is 18.1 Å². The van der Waals surface area contributed by atoms with Gasteiger partial charge in [-0.2, -0.15) is 0 Å². The van der Waals surface area contributed by atoms with E-state index in [1.54, 1.807) is 6.26 Å². The van der Waals surface area contributed by atoms with E-state index >= 15 is 0 Å². The fraction of sp³-hybridized carbons (Fsp3) is 0.462. The van der Waals surface area contributed by atoms with Gasteiger partial charge in [-0.1, -0.05) is 31.5 Å². The standard InChI is InChI=1S/C13H20N2O2S/c1-3-4-9-13(16)15-12-8-6-5-7-11(12)10-14-18(2)17/h5-8,14H,3-4,9-10H2,1-2H3,(H,15,16). The summed E-state index contributed by atoms with van der Waals surface area (Å²) in [5.41, 5.74) is 1.73. The van der Waals surface area contributed by atoms with Gasteiger partial charge in [0.05, 0.1) is 6.54 Å². The van der Waals surface area contributed by atoms with Gasteiger partial charge in [0.2, 0.25) is 5.91 Å². The van der Waals surface area contributed by atoms with E-state index < -0.39 is 11.4 Å². The van der Waals surface area contributed by atoms with Gasteiger partial charge in [0.1, 0.15) is 6.26 Å². The van der Waals surface area contributed by atoms with Gasteiger partial charge in [-0.25, -0.2) is 0 Å². The number of hydrogen-bond donors (Lipinski definition) is 2. The third kappa shape index (κ3) is 5.53. The monoisotopic (exact) mass is 268 g/mol. The molecule has 1 unspecified atom stereocenters. The summed E-state index contributed by atoms with van der Waals surface area (Å²) in [6.07, 6.45) is 4.02. The first-order valence-electron chi connectivity index (χ1n) is 6.08. The van der Waals surface area contributed by atoms with Crippen LogP contribution in [0.3, 0.4) is 0 Å². The molecule has 0 fully saturated rings. The lowest BCUT2D eigenvalue weighted by Crippen LogP contribution is -2.22. The summed E-state index contributed by atoms with van der Waals surface area (Å²) in [4.78, 5) is 11.7. The van der Waals surface area contributed by atoms with Gasteiger partial charge >= 0.3 is 0 Å². The summed E-state index contributed by atoms with van der Waals surface area (Å²) in [5.74, 6) is 0.0296. The zero-order valence-electron chi connectivity index (χ0n) is 10.9. The van der Waals surface area contributed by atoms with Crippen LogP contribution in [0.1, 0.15) is 31.7 Å². The number of amides is 1. The number of unbranched alkanes of at least 4 members (excludes halogenated alkanes) is 1. The fourth-order valence-corrected chi connectivity index (χ4v) is 1.88. The third-order valence-electron chi connectivity index (χ3n) is 2.51. The highest BCUT2D eigenvalue weighted by Crippen LogP contribution is 2.15. The lowest BCUT2D eigenvalue weighted by molar-refractivity contribution is -0.116. The molecule has 0 aliphatic heterocycles. The number of carbonyl (C=O) groups excluding carboxylic acids is 1. The van der Waals surface area contributed by atoms with Crippen molar-refractivity contribution in [2.24, 2.45) is 0 Å². The molecule has 4 nitrogen and oxygen atoms in total.